The Bertz CT molecular complexity index is 529. The minimum atomic E-state index is -0.494. The molecule has 0 fully saturated rings. The van der Waals surface area contributed by atoms with Gasteiger partial charge in [0.15, 0.2) is 5.78 Å². The highest BCUT2D eigenvalue weighted by Crippen LogP contribution is 2.19. The molecule has 0 heterocycles. The highest BCUT2D eigenvalue weighted by atomic mass is 16.5. The van der Waals surface area contributed by atoms with Crippen LogP contribution in [0, 0.1) is 5.41 Å². The Kier molecular flexibility index (Phi) is 10.8. The van der Waals surface area contributed by atoms with Crippen LogP contribution in [0.5, 0.6) is 5.75 Å². The molecule has 0 aromatic heterocycles. The van der Waals surface area contributed by atoms with Gasteiger partial charge in [-0.1, -0.05) is 53.7 Å². The molecule has 0 aliphatic heterocycles. The molecule has 5 heteroatoms. The van der Waals surface area contributed by atoms with Gasteiger partial charge in [-0.25, -0.2) is 0 Å². The normalized spacial score (nSPS) is 11.8. The topological polar surface area (TPSA) is 81.4 Å². The summed E-state index contributed by atoms with van der Waals surface area (Å²) in [5, 5.41) is 2.75. The van der Waals surface area contributed by atoms with Crippen LogP contribution in [0.3, 0.4) is 0 Å². The summed E-state index contributed by atoms with van der Waals surface area (Å²) in [5.74, 6) is 0.807. The maximum absolute atomic E-state index is 12.1. The summed E-state index contributed by atoms with van der Waals surface area (Å²) in [4.78, 5) is 23.2. The molecule has 0 aliphatic carbocycles. The van der Waals surface area contributed by atoms with E-state index < -0.39 is 11.5 Å². The fourth-order valence-electron chi connectivity index (χ4n) is 2.11. The van der Waals surface area contributed by atoms with Gasteiger partial charge in [-0.15, -0.1) is 0 Å². The van der Waals surface area contributed by atoms with Gasteiger partial charge in [-0.05, 0) is 24.1 Å². The van der Waals surface area contributed by atoms with Crippen LogP contribution in [-0.2, 0) is 16.0 Å². The average molecular weight is 355 g/mol. The number of nitrogens with one attached hydrogen (secondary N) is 1. The Morgan fingerprint density at radius 2 is 1.76 bits per heavy atom. The van der Waals surface area contributed by atoms with Gasteiger partial charge in [0.1, 0.15) is 12.4 Å². The van der Waals surface area contributed by atoms with Gasteiger partial charge in [0.05, 0.1) is 12.6 Å². The lowest BCUT2D eigenvalue weighted by atomic mass is 9.85. The number of rotatable bonds is 8. The molecule has 0 aliphatic rings. The first kappa shape index (κ1) is 23.1. The van der Waals surface area contributed by atoms with Gasteiger partial charge in [-0.3, -0.25) is 9.59 Å². The summed E-state index contributed by atoms with van der Waals surface area (Å²) >= 11 is 0. The van der Waals surface area contributed by atoms with Crippen molar-refractivity contribution in [3.05, 3.63) is 29.8 Å². The van der Waals surface area contributed by atoms with Crippen molar-refractivity contribution in [2.45, 2.75) is 60.4 Å². The van der Waals surface area contributed by atoms with Crippen molar-refractivity contribution in [2.24, 2.45) is 11.1 Å². The first-order chi connectivity index (χ1) is 11.7. The third kappa shape index (κ3) is 9.25. The number of ketones is 1. The predicted octanol–water partition coefficient (Wildman–Crippen LogP) is 3.59. The molecule has 1 unspecified atom stereocenters. The highest BCUT2D eigenvalue weighted by Gasteiger charge is 2.26. The van der Waals surface area contributed by atoms with Gasteiger partial charge in [-0.2, -0.15) is 0 Å². The summed E-state index contributed by atoms with van der Waals surface area (Å²) in [6, 6.07) is 7.04. The first-order valence-corrected chi connectivity index (χ1v) is 9.02. The van der Waals surface area contributed by atoms with Gasteiger partial charge in [0.25, 0.3) is 0 Å². The van der Waals surface area contributed by atoms with Crippen molar-refractivity contribution in [1.29, 1.82) is 0 Å². The second-order valence-corrected chi connectivity index (χ2v) is 6.62. The van der Waals surface area contributed by atoms with Crippen LogP contribution in [0.2, 0.25) is 0 Å². The molecular formula is C20H38N2O3. The Balaban J connectivity index is -0.00000139. The SMILES string of the molecule is CC.CCC(=O)NCCOc1ccc(CC(N)C(=O)C(C)(C)C)cc1.[HH].[HH]. The average Bonchev–Trinajstić information content (AvgIpc) is 2.60. The van der Waals surface area contributed by atoms with Crippen LogP contribution in [0.1, 0.15) is 56.4 Å². The fraction of sp³-hybridized carbons (Fsp3) is 0.600. The lowest BCUT2D eigenvalue weighted by molar-refractivity contribution is -0.127. The van der Waals surface area contributed by atoms with E-state index in [2.05, 4.69) is 5.32 Å². The molecule has 1 aromatic carbocycles. The molecular weight excluding hydrogens is 316 g/mol. The fourth-order valence-corrected chi connectivity index (χ4v) is 2.11. The van der Waals surface area contributed by atoms with Gasteiger partial charge in [0.2, 0.25) is 5.91 Å². The molecule has 5 nitrogen and oxygen atoms in total. The number of benzene rings is 1. The summed E-state index contributed by atoms with van der Waals surface area (Å²) in [6.45, 7) is 12.4. The number of hydrogen-bond acceptors (Lipinski definition) is 4. The smallest absolute Gasteiger partial charge is 0.219 e. The molecule has 146 valence electrons. The van der Waals surface area contributed by atoms with E-state index in [9.17, 15) is 9.59 Å². The highest BCUT2D eigenvalue weighted by molar-refractivity contribution is 5.88. The van der Waals surface area contributed by atoms with E-state index in [1.165, 1.54) is 0 Å². The molecule has 1 aromatic rings. The number of nitrogens with two attached hydrogens (primary N) is 1. The van der Waals surface area contributed by atoms with Crippen molar-refractivity contribution in [3.63, 3.8) is 0 Å². The first-order valence-electron chi connectivity index (χ1n) is 9.02. The molecule has 0 saturated heterocycles. The lowest BCUT2D eigenvalue weighted by Crippen LogP contribution is -2.40. The van der Waals surface area contributed by atoms with Crippen LogP contribution in [0.25, 0.3) is 0 Å². The van der Waals surface area contributed by atoms with Crippen molar-refractivity contribution in [2.75, 3.05) is 13.2 Å². The van der Waals surface area contributed by atoms with Gasteiger partial charge >= 0.3 is 0 Å². The van der Waals surface area contributed by atoms with Crippen LogP contribution in [-0.4, -0.2) is 30.9 Å². The maximum Gasteiger partial charge on any atom is 0.219 e. The van der Waals surface area contributed by atoms with Crippen LogP contribution in [0.4, 0.5) is 0 Å². The van der Waals surface area contributed by atoms with E-state index in [1.807, 2.05) is 65.8 Å². The zero-order chi connectivity index (χ0) is 19.5. The zero-order valence-corrected chi connectivity index (χ0v) is 16.5. The molecule has 25 heavy (non-hydrogen) atoms. The van der Waals surface area contributed by atoms with E-state index in [1.54, 1.807) is 0 Å². The standard InChI is InChI=1S/C18H28N2O3.C2H6.2H2/c1-5-16(21)20-10-11-23-14-8-6-13(7-9-14)12-15(19)17(22)18(2,3)4;1-2;;/h6-9,15H,5,10-12,19H2,1-4H3,(H,20,21);1-2H3;2*1H. The predicted molar refractivity (Wildman–Crippen MR) is 107 cm³/mol. The second-order valence-electron chi connectivity index (χ2n) is 6.62. The van der Waals surface area contributed by atoms with Gasteiger partial charge < -0.3 is 15.8 Å². The van der Waals surface area contributed by atoms with E-state index in [0.717, 1.165) is 11.3 Å². The maximum atomic E-state index is 12.1. The number of carbonyl (C=O) groups is 2. The molecule has 0 saturated carbocycles. The zero-order valence-electron chi connectivity index (χ0n) is 16.5. The van der Waals surface area contributed by atoms with Crippen LogP contribution < -0.4 is 15.8 Å². The third-order valence-corrected chi connectivity index (χ3v) is 3.47. The molecule has 1 atom stereocenters. The number of Topliss-reactive ketones (excluding diaryl/α,β-unsaturated/α-hetero) is 1. The Hall–Kier alpha value is -1.88. The molecule has 1 rings (SSSR count). The van der Waals surface area contributed by atoms with Crippen LogP contribution >= 0.6 is 0 Å². The second kappa shape index (κ2) is 11.6. The Morgan fingerprint density at radius 3 is 2.24 bits per heavy atom. The van der Waals surface area contributed by atoms with Crippen molar-refractivity contribution in [3.8, 4) is 5.75 Å². The minimum absolute atomic E-state index is 0. The summed E-state index contributed by atoms with van der Waals surface area (Å²) < 4.78 is 5.55. The summed E-state index contributed by atoms with van der Waals surface area (Å²) in [5.41, 5.74) is 6.57. The van der Waals surface area contributed by atoms with Crippen molar-refractivity contribution >= 4 is 11.7 Å². The summed E-state index contributed by atoms with van der Waals surface area (Å²) in [6.07, 6.45) is 0.991. The van der Waals surface area contributed by atoms with E-state index in [4.69, 9.17) is 10.5 Å². The number of amides is 1. The largest absolute Gasteiger partial charge is 0.492 e. The molecule has 0 spiro atoms. The number of ether oxygens (including phenoxy) is 1. The van der Waals surface area contributed by atoms with Gasteiger partial charge in [0, 0.05) is 14.7 Å². The molecule has 0 radical (unpaired) electrons. The molecule has 1 amide bonds. The van der Waals surface area contributed by atoms with Crippen molar-refractivity contribution < 1.29 is 17.2 Å². The minimum Gasteiger partial charge on any atom is -0.492 e. The molecule has 0 bridgehead atoms. The van der Waals surface area contributed by atoms with E-state index in [0.29, 0.717) is 26.0 Å². The number of carbonyl (C=O) groups excluding carboxylic acids is 2. The summed E-state index contributed by atoms with van der Waals surface area (Å²) in [7, 11) is 0. The quantitative estimate of drug-likeness (QED) is 0.699. The Morgan fingerprint density at radius 1 is 1.20 bits per heavy atom. The molecule has 3 N–H and O–H groups in total. The monoisotopic (exact) mass is 354 g/mol. The van der Waals surface area contributed by atoms with Crippen molar-refractivity contribution in [1.82, 2.24) is 5.32 Å². The lowest BCUT2D eigenvalue weighted by Gasteiger charge is -2.21. The Labute approximate surface area is 155 Å². The van der Waals surface area contributed by atoms with E-state index >= 15 is 0 Å². The third-order valence-electron chi connectivity index (χ3n) is 3.47. The number of hydrogen-bond donors (Lipinski definition) is 2. The van der Waals surface area contributed by atoms with E-state index in [-0.39, 0.29) is 14.5 Å². The van der Waals surface area contributed by atoms with Crippen LogP contribution in [0.15, 0.2) is 24.3 Å².